The van der Waals surface area contributed by atoms with Crippen LogP contribution in [0.4, 0.5) is 0 Å². The average Bonchev–Trinajstić information content (AvgIpc) is 2.54. The van der Waals surface area contributed by atoms with Crippen molar-refractivity contribution in [2.45, 2.75) is 32.1 Å². The van der Waals surface area contributed by atoms with Crippen molar-refractivity contribution >= 4 is 34.4 Å². The largest absolute Gasteiger partial charge is 0.363 e. The number of nitrogens with two attached hydrogens (primary N) is 1. The number of Topliss-reactive ketones (excluding diaryl/α,β-unsaturated/α-hetero) is 1. The normalized spacial score (nSPS) is 17.4. The molecule has 25 heavy (non-hydrogen) atoms. The summed E-state index contributed by atoms with van der Waals surface area (Å²) in [6.45, 7) is 1.81. The van der Waals surface area contributed by atoms with E-state index in [1.165, 1.54) is 0 Å². The Morgan fingerprint density at radius 3 is 2.72 bits per heavy atom. The van der Waals surface area contributed by atoms with E-state index in [2.05, 4.69) is 10.3 Å². The molecule has 0 saturated carbocycles. The number of primary amides is 1. The number of hydrogen-bond acceptors (Lipinski definition) is 5. The number of benzene rings is 1. The summed E-state index contributed by atoms with van der Waals surface area (Å²) >= 11 is 0. The monoisotopic (exact) mass is 339 g/mol. The van der Waals surface area contributed by atoms with Crippen molar-refractivity contribution in [1.82, 2.24) is 10.3 Å². The van der Waals surface area contributed by atoms with Gasteiger partial charge in [-0.25, -0.2) is 0 Å². The van der Waals surface area contributed by atoms with Crippen LogP contribution in [0.15, 0.2) is 24.3 Å². The number of nitrogens with one attached hydrogen (secondary N) is 1. The number of hydrogen-bond donors (Lipinski definition) is 2. The number of amides is 3. The van der Waals surface area contributed by atoms with Crippen LogP contribution in [0.5, 0.6) is 0 Å². The van der Waals surface area contributed by atoms with Gasteiger partial charge in [-0.05, 0) is 36.6 Å². The molecule has 3 amide bonds. The summed E-state index contributed by atoms with van der Waals surface area (Å²) in [5.41, 5.74) is 7.78. The number of aromatic nitrogens is 1. The minimum atomic E-state index is -0.961. The van der Waals surface area contributed by atoms with E-state index in [1.54, 1.807) is 25.1 Å². The van der Waals surface area contributed by atoms with Crippen LogP contribution in [0.2, 0.25) is 0 Å². The third-order valence-electron chi connectivity index (χ3n) is 4.37. The maximum absolute atomic E-state index is 12.1. The number of carbonyl (C=O) groups is 4. The first-order valence-electron chi connectivity index (χ1n) is 7.91. The van der Waals surface area contributed by atoms with Gasteiger partial charge < -0.3 is 5.73 Å². The summed E-state index contributed by atoms with van der Waals surface area (Å²) in [4.78, 5) is 50.3. The Kier molecular flexibility index (Phi) is 4.31. The number of imide groups is 1. The molecular weight excluding hydrogens is 322 g/mol. The van der Waals surface area contributed by atoms with Crippen LogP contribution in [-0.4, -0.2) is 28.5 Å². The minimum Gasteiger partial charge on any atom is -0.363 e. The molecule has 0 radical (unpaired) electrons. The first kappa shape index (κ1) is 16.8. The zero-order valence-corrected chi connectivity index (χ0v) is 13.7. The van der Waals surface area contributed by atoms with Gasteiger partial charge in [0.1, 0.15) is 0 Å². The highest BCUT2D eigenvalue weighted by Gasteiger charge is 2.29. The van der Waals surface area contributed by atoms with E-state index in [4.69, 9.17) is 5.73 Å². The zero-order valence-electron chi connectivity index (χ0n) is 13.7. The first-order valence-corrected chi connectivity index (χ1v) is 7.91. The molecule has 1 saturated heterocycles. The van der Waals surface area contributed by atoms with Crippen LogP contribution >= 0.6 is 0 Å². The standard InChI is InChI=1S/C18H17N3O4/c1-9-13(12-4-5-16(23)21-18(12)25)8-11-3-2-10(6-14(11)20-9)7-15(22)17(19)24/h2-3,6,8,12H,4-5,7H2,1H3,(H2,19,24)(H,21,23,25). The molecule has 0 spiro atoms. The van der Waals surface area contributed by atoms with Gasteiger partial charge >= 0.3 is 0 Å². The van der Waals surface area contributed by atoms with E-state index < -0.39 is 17.6 Å². The fraction of sp³-hybridized carbons (Fsp3) is 0.278. The highest BCUT2D eigenvalue weighted by atomic mass is 16.2. The van der Waals surface area contributed by atoms with Crippen molar-refractivity contribution in [1.29, 1.82) is 0 Å². The molecule has 1 aliphatic heterocycles. The van der Waals surface area contributed by atoms with Crippen LogP contribution in [0, 0.1) is 6.92 Å². The van der Waals surface area contributed by atoms with Crippen LogP contribution in [0.3, 0.4) is 0 Å². The van der Waals surface area contributed by atoms with Crippen LogP contribution in [0.1, 0.15) is 35.6 Å². The minimum absolute atomic E-state index is 0.0686. The number of carbonyl (C=O) groups excluding carboxylic acids is 4. The average molecular weight is 339 g/mol. The van der Waals surface area contributed by atoms with Crippen LogP contribution in [0.25, 0.3) is 10.9 Å². The number of fused-ring (bicyclic) bond motifs is 1. The first-order chi connectivity index (χ1) is 11.8. The molecule has 1 aromatic carbocycles. The molecular formula is C18H17N3O4. The second kappa shape index (κ2) is 6.43. The molecule has 2 aromatic rings. The van der Waals surface area contributed by atoms with Gasteiger partial charge in [0.05, 0.1) is 11.4 Å². The molecule has 3 rings (SSSR count). The zero-order chi connectivity index (χ0) is 18.1. The number of piperidine rings is 1. The van der Waals surface area contributed by atoms with E-state index in [1.807, 2.05) is 6.07 Å². The summed E-state index contributed by atoms with van der Waals surface area (Å²) in [7, 11) is 0. The lowest BCUT2D eigenvalue weighted by molar-refractivity contribution is -0.135. The fourth-order valence-corrected chi connectivity index (χ4v) is 3.05. The van der Waals surface area contributed by atoms with Gasteiger partial charge in [0.25, 0.3) is 5.91 Å². The van der Waals surface area contributed by atoms with Crippen molar-refractivity contribution in [2.75, 3.05) is 0 Å². The van der Waals surface area contributed by atoms with Gasteiger partial charge in [0.2, 0.25) is 17.6 Å². The van der Waals surface area contributed by atoms with E-state index in [0.717, 1.165) is 10.9 Å². The summed E-state index contributed by atoms with van der Waals surface area (Å²) in [6.07, 6.45) is 0.701. The second-order valence-corrected chi connectivity index (χ2v) is 6.16. The van der Waals surface area contributed by atoms with Crippen LogP contribution < -0.4 is 11.1 Å². The van der Waals surface area contributed by atoms with E-state index in [-0.39, 0.29) is 18.2 Å². The van der Waals surface area contributed by atoms with Crippen molar-refractivity contribution in [3.63, 3.8) is 0 Å². The van der Waals surface area contributed by atoms with Gasteiger partial charge in [0.15, 0.2) is 0 Å². The molecule has 3 N–H and O–H groups in total. The van der Waals surface area contributed by atoms with E-state index in [9.17, 15) is 19.2 Å². The molecule has 2 heterocycles. The summed E-state index contributed by atoms with van der Waals surface area (Å²) in [6, 6.07) is 7.14. The molecule has 0 aliphatic carbocycles. The number of ketones is 1. The molecule has 1 aromatic heterocycles. The Morgan fingerprint density at radius 1 is 1.28 bits per heavy atom. The summed E-state index contributed by atoms with van der Waals surface area (Å²) in [5, 5.41) is 3.18. The Balaban J connectivity index is 1.95. The van der Waals surface area contributed by atoms with Gasteiger partial charge in [0, 0.05) is 23.9 Å². The topological polar surface area (TPSA) is 119 Å². The van der Waals surface area contributed by atoms with Gasteiger partial charge in [-0.3, -0.25) is 29.5 Å². The highest BCUT2D eigenvalue weighted by molar-refractivity contribution is 6.36. The molecule has 1 fully saturated rings. The molecule has 7 heteroatoms. The third kappa shape index (κ3) is 3.40. The van der Waals surface area contributed by atoms with E-state index in [0.29, 0.717) is 29.6 Å². The van der Waals surface area contributed by atoms with Crippen molar-refractivity contribution < 1.29 is 19.2 Å². The number of aryl methyl sites for hydroxylation is 1. The fourth-order valence-electron chi connectivity index (χ4n) is 3.05. The Bertz CT molecular complexity index is 920. The van der Waals surface area contributed by atoms with Crippen molar-refractivity contribution in [2.24, 2.45) is 5.73 Å². The molecule has 1 unspecified atom stereocenters. The lowest BCUT2D eigenvalue weighted by Crippen LogP contribution is -2.39. The predicted octanol–water partition coefficient (Wildman–Crippen LogP) is 0.660. The number of rotatable bonds is 4. The lowest BCUT2D eigenvalue weighted by atomic mass is 9.88. The molecule has 7 nitrogen and oxygen atoms in total. The predicted molar refractivity (Wildman–Crippen MR) is 89.5 cm³/mol. The highest BCUT2D eigenvalue weighted by Crippen LogP contribution is 2.29. The van der Waals surface area contributed by atoms with Gasteiger partial charge in [-0.1, -0.05) is 12.1 Å². The van der Waals surface area contributed by atoms with Gasteiger partial charge in [-0.2, -0.15) is 0 Å². The Labute approximate surface area is 143 Å². The van der Waals surface area contributed by atoms with Crippen molar-refractivity contribution in [3.05, 3.63) is 41.1 Å². The molecule has 128 valence electrons. The van der Waals surface area contributed by atoms with E-state index >= 15 is 0 Å². The molecule has 1 aliphatic rings. The Hall–Kier alpha value is -3.09. The lowest BCUT2D eigenvalue weighted by Gasteiger charge is -2.22. The van der Waals surface area contributed by atoms with Crippen LogP contribution in [-0.2, 0) is 25.6 Å². The maximum Gasteiger partial charge on any atom is 0.285 e. The molecule has 1 atom stereocenters. The SMILES string of the molecule is Cc1nc2cc(CC(=O)C(N)=O)ccc2cc1C1CCC(=O)NC1=O. The van der Waals surface area contributed by atoms with Crippen molar-refractivity contribution in [3.8, 4) is 0 Å². The smallest absolute Gasteiger partial charge is 0.285 e. The quantitative estimate of drug-likeness (QED) is 0.626. The third-order valence-corrected chi connectivity index (χ3v) is 4.37. The number of nitrogens with zero attached hydrogens (tertiary/aromatic N) is 1. The Morgan fingerprint density at radius 2 is 2.04 bits per heavy atom. The van der Waals surface area contributed by atoms with Gasteiger partial charge in [-0.15, -0.1) is 0 Å². The summed E-state index contributed by atoms with van der Waals surface area (Å²) in [5.74, 6) is -2.57. The number of pyridine rings is 1. The molecule has 0 bridgehead atoms. The summed E-state index contributed by atoms with van der Waals surface area (Å²) < 4.78 is 0. The maximum atomic E-state index is 12.1. The second-order valence-electron chi connectivity index (χ2n) is 6.16.